The molecule has 0 saturated heterocycles. The monoisotopic (exact) mass is 488 g/mol. The molecule has 31 heavy (non-hydrogen) atoms. The average molecular weight is 488 g/mol. The standard InChI is InChI=1S/C19H29F8O3P/c1-2-11-31(28,29-16(18(22,23)24)12-7-3-5-9-14(12)20)30-17(19(25,26)27)13-8-4-6-10-15(13)21/h12-17H,2-11H2,1H3. The normalized spacial score (nSPS) is 32.3. The lowest BCUT2D eigenvalue weighted by Crippen LogP contribution is -2.46. The first-order chi connectivity index (χ1) is 14.3. The fourth-order valence-corrected chi connectivity index (χ4v) is 6.47. The average Bonchev–Trinajstić information content (AvgIpc) is 2.64. The van der Waals surface area contributed by atoms with Crippen molar-refractivity contribution < 1.29 is 48.7 Å². The Kier molecular flexibility index (Phi) is 9.25. The van der Waals surface area contributed by atoms with Crippen LogP contribution in [0, 0.1) is 11.8 Å². The first-order valence-corrected chi connectivity index (χ1v) is 12.4. The van der Waals surface area contributed by atoms with Gasteiger partial charge in [0.05, 0.1) is 0 Å². The highest BCUT2D eigenvalue weighted by Crippen LogP contribution is 2.58. The van der Waals surface area contributed by atoms with Crippen LogP contribution >= 0.6 is 7.60 Å². The lowest BCUT2D eigenvalue weighted by Gasteiger charge is -2.38. The van der Waals surface area contributed by atoms with E-state index in [4.69, 9.17) is 9.05 Å². The molecule has 3 nitrogen and oxygen atoms in total. The number of hydrogen-bond donors (Lipinski definition) is 0. The smallest absolute Gasteiger partial charge is 0.295 e. The zero-order chi connectivity index (χ0) is 23.4. The van der Waals surface area contributed by atoms with Gasteiger partial charge in [-0.3, -0.25) is 13.6 Å². The second-order valence-corrected chi connectivity index (χ2v) is 10.5. The summed E-state index contributed by atoms with van der Waals surface area (Å²) in [6.07, 6.45) is -20.0. The minimum absolute atomic E-state index is 0.0973. The van der Waals surface area contributed by atoms with E-state index in [0.29, 0.717) is 12.8 Å². The van der Waals surface area contributed by atoms with Gasteiger partial charge >= 0.3 is 19.9 Å². The van der Waals surface area contributed by atoms with Crippen molar-refractivity contribution in [2.24, 2.45) is 11.8 Å². The highest BCUT2D eigenvalue weighted by Gasteiger charge is 2.56. The number of halogens is 8. The second-order valence-electron chi connectivity index (χ2n) is 8.40. The van der Waals surface area contributed by atoms with Crippen molar-refractivity contribution in [2.45, 2.75) is 102 Å². The van der Waals surface area contributed by atoms with Crippen LogP contribution < -0.4 is 0 Å². The van der Waals surface area contributed by atoms with E-state index in [0.717, 1.165) is 0 Å². The van der Waals surface area contributed by atoms with Gasteiger partial charge in [-0.05, 0) is 32.1 Å². The van der Waals surface area contributed by atoms with Gasteiger partial charge in [-0.1, -0.05) is 32.6 Å². The van der Waals surface area contributed by atoms with E-state index in [1.54, 1.807) is 0 Å². The van der Waals surface area contributed by atoms with Crippen molar-refractivity contribution in [3.63, 3.8) is 0 Å². The predicted molar refractivity (Wildman–Crippen MR) is 98.3 cm³/mol. The Morgan fingerprint density at radius 3 is 1.42 bits per heavy atom. The molecule has 0 N–H and O–H groups in total. The summed E-state index contributed by atoms with van der Waals surface area (Å²) in [5.74, 6) is -3.37. The van der Waals surface area contributed by atoms with E-state index in [9.17, 15) is 39.7 Å². The Morgan fingerprint density at radius 2 is 1.13 bits per heavy atom. The summed E-state index contributed by atoms with van der Waals surface area (Å²) in [6.45, 7) is 1.39. The molecule has 0 aromatic rings. The Hall–Kier alpha value is -0.410. The third kappa shape index (κ3) is 7.29. The number of hydrogen-bond acceptors (Lipinski definition) is 3. The van der Waals surface area contributed by atoms with Crippen molar-refractivity contribution in [2.75, 3.05) is 6.16 Å². The van der Waals surface area contributed by atoms with Crippen molar-refractivity contribution in [3.05, 3.63) is 0 Å². The van der Waals surface area contributed by atoms with E-state index in [2.05, 4.69) is 0 Å². The Morgan fingerprint density at radius 1 is 0.774 bits per heavy atom. The van der Waals surface area contributed by atoms with Crippen molar-refractivity contribution in [1.29, 1.82) is 0 Å². The molecule has 2 fully saturated rings. The second kappa shape index (κ2) is 10.7. The molecular formula is C19H29F8O3P. The molecule has 0 heterocycles. The van der Waals surface area contributed by atoms with Gasteiger partial charge in [-0.25, -0.2) is 8.78 Å². The van der Waals surface area contributed by atoms with E-state index in [1.807, 2.05) is 0 Å². The topological polar surface area (TPSA) is 35.5 Å². The molecule has 12 heteroatoms. The van der Waals surface area contributed by atoms with E-state index in [1.165, 1.54) is 6.92 Å². The minimum Gasteiger partial charge on any atom is -0.295 e. The molecule has 2 rings (SSSR count). The van der Waals surface area contributed by atoms with E-state index in [-0.39, 0.29) is 44.9 Å². The van der Waals surface area contributed by atoms with Gasteiger partial charge in [0.2, 0.25) is 0 Å². The summed E-state index contributed by atoms with van der Waals surface area (Å²) in [5, 5.41) is 0. The Balaban J connectivity index is 2.33. The van der Waals surface area contributed by atoms with Crippen LogP contribution in [0.3, 0.4) is 0 Å². The zero-order valence-electron chi connectivity index (χ0n) is 17.2. The molecule has 0 aliphatic heterocycles. The highest BCUT2D eigenvalue weighted by atomic mass is 31.2. The predicted octanol–water partition coefficient (Wildman–Crippen LogP) is 7.54. The molecule has 0 aromatic carbocycles. The molecule has 2 aliphatic carbocycles. The maximum Gasteiger partial charge on any atom is 0.415 e. The molecular weight excluding hydrogens is 459 g/mol. The molecule has 2 aliphatic rings. The maximum absolute atomic E-state index is 14.2. The molecule has 184 valence electrons. The van der Waals surface area contributed by atoms with Gasteiger partial charge in [-0.15, -0.1) is 0 Å². The summed E-state index contributed by atoms with van der Waals surface area (Å²) in [4.78, 5) is 0. The third-order valence-electron chi connectivity index (χ3n) is 5.93. The zero-order valence-corrected chi connectivity index (χ0v) is 18.1. The summed E-state index contributed by atoms with van der Waals surface area (Å²) < 4.78 is 133. The fourth-order valence-electron chi connectivity index (χ4n) is 4.42. The van der Waals surface area contributed by atoms with Gasteiger partial charge in [0.25, 0.3) is 0 Å². The summed E-state index contributed by atoms with van der Waals surface area (Å²) in [7, 11) is -4.98. The van der Waals surface area contributed by atoms with Crippen molar-refractivity contribution >= 4 is 7.60 Å². The fraction of sp³-hybridized carbons (Fsp3) is 1.00. The largest absolute Gasteiger partial charge is 0.415 e. The maximum atomic E-state index is 14.2. The van der Waals surface area contributed by atoms with Crippen LogP contribution in [0.1, 0.15) is 64.7 Å². The van der Waals surface area contributed by atoms with Crippen LogP contribution in [0.4, 0.5) is 35.1 Å². The highest BCUT2D eigenvalue weighted by molar-refractivity contribution is 7.53. The molecule has 6 atom stereocenters. The third-order valence-corrected chi connectivity index (χ3v) is 8.02. The Bertz CT molecular complexity index is 566. The van der Waals surface area contributed by atoms with Gasteiger partial charge in [0, 0.05) is 18.0 Å². The van der Waals surface area contributed by atoms with Crippen LogP contribution in [-0.2, 0) is 13.6 Å². The number of rotatable bonds is 8. The van der Waals surface area contributed by atoms with Crippen molar-refractivity contribution in [1.82, 2.24) is 0 Å². The summed E-state index contributed by atoms with van der Waals surface area (Å²) >= 11 is 0. The van der Waals surface area contributed by atoms with Crippen LogP contribution in [0.15, 0.2) is 0 Å². The van der Waals surface area contributed by atoms with Crippen molar-refractivity contribution in [3.8, 4) is 0 Å². The summed E-state index contributed by atoms with van der Waals surface area (Å²) in [5.41, 5.74) is 0. The lowest BCUT2D eigenvalue weighted by atomic mass is 9.83. The Labute approximate surface area is 176 Å². The van der Waals surface area contributed by atoms with Gasteiger partial charge in [0.15, 0.2) is 12.2 Å². The first kappa shape index (κ1) is 26.8. The molecule has 0 aromatic heterocycles. The molecule has 0 amide bonds. The first-order valence-electron chi connectivity index (χ1n) is 10.7. The number of alkyl halides is 8. The van der Waals surface area contributed by atoms with E-state index >= 15 is 0 Å². The van der Waals surface area contributed by atoms with Crippen LogP contribution in [0.2, 0.25) is 0 Å². The SMILES string of the molecule is CCCP(=O)(OC(C1CCCCC1F)C(F)(F)F)OC(C1CCCCC1F)C(F)(F)F. The van der Waals surface area contributed by atoms with Gasteiger partial charge in [-0.2, -0.15) is 26.3 Å². The molecule has 0 bridgehead atoms. The quantitative estimate of drug-likeness (QED) is 0.262. The molecule has 0 radical (unpaired) electrons. The van der Waals surface area contributed by atoms with Crippen LogP contribution in [0.5, 0.6) is 0 Å². The summed E-state index contributed by atoms with van der Waals surface area (Å²) in [6, 6.07) is 0. The van der Waals surface area contributed by atoms with Crippen LogP contribution in [0.25, 0.3) is 0 Å². The van der Waals surface area contributed by atoms with Crippen LogP contribution in [-0.4, -0.2) is 43.1 Å². The molecule has 2 saturated carbocycles. The molecule has 0 spiro atoms. The van der Waals surface area contributed by atoms with Gasteiger partial charge < -0.3 is 0 Å². The van der Waals surface area contributed by atoms with E-state index < -0.39 is 62.5 Å². The van der Waals surface area contributed by atoms with Gasteiger partial charge in [0.1, 0.15) is 12.3 Å². The molecule has 6 unspecified atom stereocenters. The minimum atomic E-state index is -5.15. The lowest BCUT2D eigenvalue weighted by molar-refractivity contribution is -0.235.